The van der Waals surface area contributed by atoms with Crippen LogP contribution in [0.4, 0.5) is 4.39 Å². The molecule has 1 unspecified atom stereocenters. The number of hydrogen-bond acceptors (Lipinski definition) is 3. The van der Waals surface area contributed by atoms with Gasteiger partial charge in [0.15, 0.2) is 0 Å². The summed E-state index contributed by atoms with van der Waals surface area (Å²) in [5.41, 5.74) is 1.53. The van der Waals surface area contributed by atoms with Gasteiger partial charge in [-0.05, 0) is 23.8 Å². The monoisotopic (exact) mass is 362 g/mol. The summed E-state index contributed by atoms with van der Waals surface area (Å²) in [6.45, 7) is 2.35. The number of morpholine rings is 1. The molecule has 1 N–H and O–H groups in total. The van der Waals surface area contributed by atoms with E-state index in [2.05, 4.69) is 5.32 Å². The Morgan fingerprint density at radius 2 is 2.00 bits per heavy atom. The maximum absolute atomic E-state index is 13.6. The average molecular weight is 363 g/mol. The molecule has 1 heterocycles. The first kappa shape index (κ1) is 17.9. The second-order valence-corrected chi connectivity index (χ2v) is 6.45. The molecule has 4 nitrogen and oxygen atoms in total. The van der Waals surface area contributed by atoms with Crippen molar-refractivity contribution in [2.24, 2.45) is 0 Å². The lowest BCUT2D eigenvalue weighted by Gasteiger charge is -2.32. The Hall–Kier alpha value is -1.95. The van der Waals surface area contributed by atoms with Gasteiger partial charge in [-0.1, -0.05) is 41.9 Å². The lowest BCUT2D eigenvalue weighted by atomic mass is 10.1. The molecule has 1 fully saturated rings. The Bertz CT molecular complexity index is 724. The third-order valence-corrected chi connectivity index (χ3v) is 4.45. The maximum atomic E-state index is 13.6. The summed E-state index contributed by atoms with van der Waals surface area (Å²) < 4.78 is 19.4. The second-order valence-electron chi connectivity index (χ2n) is 6.01. The fourth-order valence-corrected chi connectivity index (χ4v) is 2.95. The zero-order chi connectivity index (χ0) is 17.6. The summed E-state index contributed by atoms with van der Waals surface area (Å²) in [7, 11) is 0. The largest absolute Gasteiger partial charge is 0.371 e. The first-order valence-electron chi connectivity index (χ1n) is 8.21. The van der Waals surface area contributed by atoms with E-state index in [-0.39, 0.29) is 30.9 Å². The van der Waals surface area contributed by atoms with E-state index in [1.807, 2.05) is 29.2 Å². The minimum atomic E-state index is -0.308. The maximum Gasteiger partial charge on any atom is 0.234 e. The quantitative estimate of drug-likeness (QED) is 0.888. The van der Waals surface area contributed by atoms with Gasteiger partial charge in [-0.3, -0.25) is 9.69 Å². The lowest BCUT2D eigenvalue weighted by Crippen LogP contribution is -2.44. The molecule has 1 atom stereocenters. The number of ether oxygens (including phenoxy) is 1. The minimum absolute atomic E-state index is 0.0783. The summed E-state index contributed by atoms with van der Waals surface area (Å²) in [6.07, 6.45) is -0.0783. The Balaban J connectivity index is 1.51. The molecular formula is C19H20ClFN2O2. The number of benzene rings is 2. The predicted octanol–water partition coefficient (Wildman–Crippen LogP) is 3.17. The molecule has 3 rings (SSSR count). The molecule has 1 amide bonds. The highest BCUT2D eigenvalue weighted by Gasteiger charge is 2.23. The lowest BCUT2D eigenvalue weighted by molar-refractivity contribution is -0.124. The number of hydrogen-bond donors (Lipinski definition) is 1. The summed E-state index contributed by atoms with van der Waals surface area (Å²) in [5.74, 6) is -0.433. The first-order valence-corrected chi connectivity index (χ1v) is 8.59. The zero-order valence-electron chi connectivity index (χ0n) is 13.8. The highest BCUT2D eigenvalue weighted by Crippen LogP contribution is 2.23. The zero-order valence-corrected chi connectivity index (χ0v) is 14.5. The molecule has 0 radical (unpaired) electrons. The summed E-state index contributed by atoms with van der Waals surface area (Å²) >= 11 is 5.91. The second kappa shape index (κ2) is 8.43. The first-order chi connectivity index (χ1) is 12.1. The van der Waals surface area contributed by atoms with Gasteiger partial charge in [-0.25, -0.2) is 4.39 Å². The Morgan fingerprint density at radius 3 is 2.76 bits per heavy atom. The average Bonchev–Trinajstić information content (AvgIpc) is 2.62. The van der Waals surface area contributed by atoms with Crippen LogP contribution >= 0.6 is 11.6 Å². The van der Waals surface area contributed by atoms with Gasteiger partial charge in [0.1, 0.15) is 5.82 Å². The molecule has 132 valence electrons. The number of carbonyl (C=O) groups excluding carboxylic acids is 1. The van der Waals surface area contributed by atoms with Crippen LogP contribution in [0.15, 0.2) is 48.5 Å². The Labute approximate surface area is 151 Å². The third kappa shape index (κ3) is 5.01. The highest BCUT2D eigenvalue weighted by molar-refractivity contribution is 6.30. The van der Waals surface area contributed by atoms with Crippen LogP contribution in [0.2, 0.25) is 5.02 Å². The topological polar surface area (TPSA) is 41.6 Å². The van der Waals surface area contributed by atoms with Crippen molar-refractivity contribution in [3.8, 4) is 0 Å². The molecule has 25 heavy (non-hydrogen) atoms. The van der Waals surface area contributed by atoms with Crippen molar-refractivity contribution in [2.75, 3.05) is 26.2 Å². The Kier molecular flexibility index (Phi) is 6.02. The van der Waals surface area contributed by atoms with Crippen LogP contribution < -0.4 is 5.32 Å². The third-order valence-electron chi connectivity index (χ3n) is 4.19. The highest BCUT2D eigenvalue weighted by atomic mass is 35.5. The van der Waals surface area contributed by atoms with Gasteiger partial charge in [0.25, 0.3) is 0 Å². The van der Waals surface area contributed by atoms with Crippen molar-refractivity contribution in [1.29, 1.82) is 0 Å². The van der Waals surface area contributed by atoms with Gasteiger partial charge in [-0.15, -0.1) is 0 Å². The molecule has 1 aliphatic rings. The number of carbonyl (C=O) groups is 1. The van der Waals surface area contributed by atoms with E-state index in [1.165, 1.54) is 6.07 Å². The number of halogens is 2. The molecule has 2 aromatic rings. The van der Waals surface area contributed by atoms with Crippen molar-refractivity contribution >= 4 is 17.5 Å². The summed E-state index contributed by atoms with van der Waals surface area (Å²) in [5, 5.41) is 3.45. The van der Waals surface area contributed by atoms with Crippen LogP contribution in [0, 0.1) is 5.82 Å². The van der Waals surface area contributed by atoms with Gasteiger partial charge in [0.2, 0.25) is 5.91 Å². The van der Waals surface area contributed by atoms with Crippen molar-refractivity contribution < 1.29 is 13.9 Å². The molecule has 0 aromatic heterocycles. The van der Waals surface area contributed by atoms with Crippen LogP contribution in [0.5, 0.6) is 0 Å². The normalized spacial score (nSPS) is 18.1. The predicted molar refractivity (Wildman–Crippen MR) is 94.8 cm³/mol. The van der Waals surface area contributed by atoms with Gasteiger partial charge in [-0.2, -0.15) is 0 Å². The minimum Gasteiger partial charge on any atom is -0.371 e. The molecule has 0 saturated carbocycles. The standard InChI is InChI=1S/C19H20ClFN2O2/c20-16-7-5-14(6-8-16)18-12-23(9-10-25-18)13-19(24)22-11-15-3-1-2-4-17(15)21/h1-8,18H,9-13H2,(H,22,24). The van der Waals surface area contributed by atoms with E-state index < -0.39 is 0 Å². The molecule has 6 heteroatoms. The molecule has 1 saturated heterocycles. The van der Waals surface area contributed by atoms with Crippen molar-refractivity contribution in [1.82, 2.24) is 10.2 Å². The van der Waals surface area contributed by atoms with Gasteiger partial charge < -0.3 is 10.1 Å². The fourth-order valence-electron chi connectivity index (χ4n) is 2.82. The van der Waals surface area contributed by atoms with E-state index in [4.69, 9.17) is 16.3 Å². The fraction of sp³-hybridized carbons (Fsp3) is 0.316. The smallest absolute Gasteiger partial charge is 0.234 e. The molecule has 0 spiro atoms. The van der Waals surface area contributed by atoms with E-state index in [0.717, 1.165) is 5.56 Å². The van der Waals surface area contributed by atoms with Crippen LogP contribution in [0.3, 0.4) is 0 Å². The molecule has 1 aliphatic heterocycles. The molecule has 0 bridgehead atoms. The van der Waals surface area contributed by atoms with E-state index >= 15 is 0 Å². The van der Waals surface area contributed by atoms with Crippen molar-refractivity contribution in [3.05, 3.63) is 70.5 Å². The van der Waals surface area contributed by atoms with Crippen LogP contribution in [0.25, 0.3) is 0 Å². The number of rotatable bonds is 5. The van der Waals surface area contributed by atoms with Crippen LogP contribution in [-0.4, -0.2) is 37.0 Å². The number of amides is 1. The van der Waals surface area contributed by atoms with E-state index in [9.17, 15) is 9.18 Å². The van der Waals surface area contributed by atoms with Crippen molar-refractivity contribution in [3.63, 3.8) is 0 Å². The van der Waals surface area contributed by atoms with Gasteiger partial charge >= 0.3 is 0 Å². The van der Waals surface area contributed by atoms with E-state index in [1.54, 1.807) is 18.2 Å². The van der Waals surface area contributed by atoms with E-state index in [0.29, 0.717) is 30.3 Å². The molecular weight excluding hydrogens is 343 g/mol. The van der Waals surface area contributed by atoms with Crippen molar-refractivity contribution in [2.45, 2.75) is 12.6 Å². The van der Waals surface area contributed by atoms with Gasteiger partial charge in [0.05, 0.1) is 19.3 Å². The number of nitrogens with one attached hydrogen (secondary N) is 1. The number of nitrogens with zero attached hydrogens (tertiary/aromatic N) is 1. The van der Waals surface area contributed by atoms with Crippen LogP contribution in [0.1, 0.15) is 17.2 Å². The summed E-state index contributed by atoms with van der Waals surface area (Å²) in [4.78, 5) is 14.2. The molecule has 0 aliphatic carbocycles. The van der Waals surface area contributed by atoms with Crippen LogP contribution in [-0.2, 0) is 16.1 Å². The summed E-state index contributed by atoms with van der Waals surface area (Å²) in [6, 6.07) is 14.0. The Morgan fingerprint density at radius 1 is 1.24 bits per heavy atom. The SMILES string of the molecule is O=C(CN1CCOC(c2ccc(Cl)cc2)C1)NCc1ccccc1F. The molecule has 2 aromatic carbocycles. The van der Waals surface area contributed by atoms with Gasteiger partial charge in [0, 0.05) is 30.2 Å².